The van der Waals surface area contributed by atoms with Gasteiger partial charge in [0.15, 0.2) is 0 Å². The molecule has 0 aromatic heterocycles. The van der Waals surface area contributed by atoms with Crippen LogP contribution >= 0.6 is 0 Å². The van der Waals surface area contributed by atoms with E-state index in [-0.39, 0.29) is 17.1 Å². The molecule has 0 N–H and O–H groups in total. The molecule has 0 rings (SSSR count). The van der Waals surface area contributed by atoms with Crippen molar-refractivity contribution in [1.29, 1.82) is 0 Å². The fourth-order valence-electron chi connectivity index (χ4n) is 0. The molecule has 5 heteroatoms. The van der Waals surface area contributed by atoms with Gasteiger partial charge in [-0.1, -0.05) is 0 Å². The molecule has 0 atom stereocenters. The summed E-state index contributed by atoms with van der Waals surface area (Å²) in [6.07, 6.45) is 0. The number of hydrogen-bond acceptors (Lipinski definition) is 4. The van der Waals surface area contributed by atoms with Crippen LogP contribution in [0.5, 0.6) is 0 Å². The summed E-state index contributed by atoms with van der Waals surface area (Å²) in [6.45, 7) is -1.00. The molecule has 0 heterocycles. The molecule has 0 saturated carbocycles. The predicted molar refractivity (Wildman–Crippen MR) is 12.1 cm³/mol. The molecule has 0 unspecified atom stereocenters. The van der Waals surface area contributed by atoms with Gasteiger partial charge in [-0.05, 0) is 0 Å². The standard InChI is InChI=1S/2CH2O2.Fe/c2*2-1-3;/h2*1H,(H,2,3);/q;;+2/p-2. The van der Waals surface area contributed by atoms with Crippen molar-refractivity contribution in [2.24, 2.45) is 0 Å². The van der Waals surface area contributed by atoms with E-state index >= 15 is 0 Å². The van der Waals surface area contributed by atoms with Crippen molar-refractivity contribution in [3.63, 3.8) is 0 Å². The molecule has 0 amide bonds. The third-order valence-electron chi connectivity index (χ3n) is 0. The zero-order valence-corrected chi connectivity index (χ0v) is 4.25. The maximum atomic E-state index is 8.25. The second-order valence-electron chi connectivity index (χ2n) is 0.192. The molecule has 0 bridgehead atoms. The summed E-state index contributed by atoms with van der Waals surface area (Å²) in [7, 11) is 0. The summed E-state index contributed by atoms with van der Waals surface area (Å²) in [5.74, 6) is 0. The van der Waals surface area contributed by atoms with Crippen LogP contribution in [0.3, 0.4) is 0 Å². The van der Waals surface area contributed by atoms with Gasteiger partial charge in [-0.15, -0.1) is 0 Å². The van der Waals surface area contributed by atoms with E-state index < -0.39 is 12.9 Å². The topological polar surface area (TPSA) is 80.3 Å². The van der Waals surface area contributed by atoms with Gasteiger partial charge in [0.25, 0.3) is 0 Å². The molecule has 0 aliphatic rings. The minimum absolute atomic E-state index is 0. The minimum atomic E-state index is -0.500. The quantitative estimate of drug-likeness (QED) is 0.265. The Balaban J connectivity index is -0.0000000400. The molecule has 0 radical (unpaired) electrons. The van der Waals surface area contributed by atoms with E-state index in [4.69, 9.17) is 19.8 Å². The van der Waals surface area contributed by atoms with Crippen molar-refractivity contribution in [1.82, 2.24) is 0 Å². The van der Waals surface area contributed by atoms with Crippen molar-refractivity contribution in [2.45, 2.75) is 0 Å². The smallest absolute Gasteiger partial charge is 0.554 e. The Morgan fingerprint density at radius 1 is 1.00 bits per heavy atom. The van der Waals surface area contributed by atoms with Gasteiger partial charge < -0.3 is 19.8 Å². The molecule has 0 fully saturated rings. The average molecular weight is 146 g/mol. The zero-order valence-electron chi connectivity index (χ0n) is 3.14. The molecule has 4 nitrogen and oxygen atoms in total. The molecule has 7 heavy (non-hydrogen) atoms. The molecule has 0 saturated heterocycles. The van der Waals surface area contributed by atoms with Crippen molar-refractivity contribution >= 4 is 12.9 Å². The first-order valence-corrected chi connectivity index (χ1v) is 0.943. The van der Waals surface area contributed by atoms with Gasteiger partial charge in [-0.2, -0.15) is 0 Å². The van der Waals surface area contributed by atoms with E-state index in [9.17, 15) is 0 Å². The Labute approximate surface area is 50.6 Å². The predicted octanol–water partition coefficient (Wildman–Crippen LogP) is -3.27. The van der Waals surface area contributed by atoms with Crippen molar-refractivity contribution in [3.05, 3.63) is 0 Å². The first-order valence-electron chi connectivity index (χ1n) is 0.943. The normalized spacial score (nSPS) is 3.43. The molecule has 0 aliphatic heterocycles. The maximum absolute atomic E-state index is 8.25. The Morgan fingerprint density at radius 3 is 1.00 bits per heavy atom. The summed E-state index contributed by atoms with van der Waals surface area (Å²) in [5.41, 5.74) is 0. The molecule has 0 spiro atoms. The zero-order chi connectivity index (χ0) is 5.41. The fourth-order valence-corrected chi connectivity index (χ4v) is 0. The van der Waals surface area contributed by atoms with E-state index in [1.807, 2.05) is 0 Å². The Hall–Kier alpha value is -0.541. The van der Waals surface area contributed by atoms with Crippen LogP contribution in [0.2, 0.25) is 0 Å². The van der Waals surface area contributed by atoms with Gasteiger partial charge in [0, 0.05) is 12.9 Å². The van der Waals surface area contributed by atoms with Crippen LogP contribution in [0.1, 0.15) is 0 Å². The Bertz CT molecular complexity index is 30.7. The van der Waals surface area contributed by atoms with Crippen molar-refractivity contribution < 1.29 is 36.9 Å². The molecule has 0 aliphatic carbocycles. The van der Waals surface area contributed by atoms with Crippen LogP contribution in [0, 0.1) is 0 Å². The van der Waals surface area contributed by atoms with Crippen LogP contribution in [0.15, 0.2) is 0 Å². The first-order chi connectivity index (χ1) is 2.83. The minimum Gasteiger partial charge on any atom is -0.554 e. The summed E-state index contributed by atoms with van der Waals surface area (Å²) in [4.78, 5) is 16.5. The number of rotatable bonds is 0. The summed E-state index contributed by atoms with van der Waals surface area (Å²) >= 11 is 0. The number of carbonyl (C=O) groups is 2. The van der Waals surface area contributed by atoms with E-state index in [1.54, 1.807) is 0 Å². The molecular formula is C2H2FeO4. The second-order valence-corrected chi connectivity index (χ2v) is 0.192. The van der Waals surface area contributed by atoms with Crippen molar-refractivity contribution in [2.75, 3.05) is 0 Å². The van der Waals surface area contributed by atoms with E-state index in [2.05, 4.69) is 0 Å². The van der Waals surface area contributed by atoms with Gasteiger partial charge >= 0.3 is 17.1 Å². The fraction of sp³-hybridized carbons (Fsp3) is 0. The van der Waals surface area contributed by atoms with Gasteiger partial charge in [0.1, 0.15) is 0 Å². The van der Waals surface area contributed by atoms with E-state index in [1.165, 1.54) is 0 Å². The SMILES string of the molecule is O=C[O-].O=C[O-].[Fe+2]. The number of hydrogen-bond donors (Lipinski definition) is 0. The maximum Gasteiger partial charge on any atom is 2.00 e. The van der Waals surface area contributed by atoms with Crippen LogP contribution in [-0.4, -0.2) is 12.9 Å². The van der Waals surface area contributed by atoms with E-state index in [0.29, 0.717) is 0 Å². The summed E-state index contributed by atoms with van der Waals surface area (Å²) < 4.78 is 0. The van der Waals surface area contributed by atoms with Crippen LogP contribution in [-0.2, 0) is 26.7 Å². The van der Waals surface area contributed by atoms with Crippen molar-refractivity contribution in [3.8, 4) is 0 Å². The van der Waals surface area contributed by atoms with Crippen LogP contribution in [0.25, 0.3) is 0 Å². The first kappa shape index (κ1) is 16.1. The van der Waals surface area contributed by atoms with Gasteiger partial charge in [0.2, 0.25) is 0 Å². The monoisotopic (exact) mass is 146 g/mol. The van der Waals surface area contributed by atoms with Crippen LogP contribution in [0.4, 0.5) is 0 Å². The third-order valence-corrected chi connectivity index (χ3v) is 0. The molecule has 42 valence electrons. The largest absolute Gasteiger partial charge is 2.00 e. The Kier molecular flexibility index (Phi) is 117. The second kappa shape index (κ2) is 51.0. The van der Waals surface area contributed by atoms with Gasteiger partial charge in [-0.25, -0.2) is 0 Å². The number of carboxylic acid groups (broad SMARTS) is 2. The Morgan fingerprint density at radius 2 is 1.00 bits per heavy atom. The number of carbonyl (C=O) groups excluding carboxylic acids is 2. The molecular weight excluding hydrogens is 144 g/mol. The van der Waals surface area contributed by atoms with Gasteiger partial charge in [0.05, 0.1) is 0 Å². The molecule has 0 aromatic rings. The molecule has 0 aromatic carbocycles. The van der Waals surface area contributed by atoms with Gasteiger partial charge in [-0.3, -0.25) is 0 Å². The van der Waals surface area contributed by atoms with E-state index in [0.717, 1.165) is 0 Å². The summed E-state index contributed by atoms with van der Waals surface area (Å²) in [6, 6.07) is 0. The third kappa shape index (κ3) is 224. The average Bonchev–Trinajstić information content (AvgIpc) is 1.39. The van der Waals surface area contributed by atoms with Crippen LogP contribution < -0.4 is 10.2 Å². The summed E-state index contributed by atoms with van der Waals surface area (Å²) in [5, 5.41) is 16.5.